The van der Waals surface area contributed by atoms with E-state index in [1.54, 1.807) is 23.3 Å². The van der Waals surface area contributed by atoms with Crippen molar-refractivity contribution >= 4 is 17.2 Å². The summed E-state index contributed by atoms with van der Waals surface area (Å²) < 4.78 is 7.49. The third kappa shape index (κ3) is 5.34. The minimum Gasteiger partial charge on any atom is -0.497 e. The largest absolute Gasteiger partial charge is 0.497 e. The Labute approximate surface area is 221 Å². The van der Waals surface area contributed by atoms with Gasteiger partial charge < -0.3 is 14.2 Å². The number of thiazole rings is 1. The van der Waals surface area contributed by atoms with Crippen molar-refractivity contribution in [1.82, 2.24) is 14.5 Å². The zero-order valence-electron chi connectivity index (χ0n) is 21.2. The van der Waals surface area contributed by atoms with E-state index in [1.807, 2.05) is 92.8 Å². The Balaban J connectivity index is 1.51. The number of nitrogens with zero attached hydrogens (tertiary/aromatic N) is 3. The second-order valence-electron chi connectivity index (χ2n) is 9.01. The summed E-state index contributed by atoms with van der Waals surface area (Å²) in [5.41, 5.74) is 6.74. The highest BCUT2D eigenvalue weighted by Gasteiger charge is 2.23. The molecule has 0 unspecified atom stereocenters. The average molecular weight is 508 g/mol. The van der Waals surface area contributed by atoms with E-state index in [2.05, 4.69) is 22.1 Å². The number of hydrogen-bond acceptors (Lipinski definition) is 4. The molecule has 0 spiro atoms. The number of carbonyl (C=O) groups excluding carboxylic acids is 1. The Morgan fingerprint density at radius 2 is 1.59 bits per heavy atom. The van der Waals surface area contributed by atoms with Crippen LogP contribution in [0.2, 0.25) is 0 Å². The van der Waals surface area contributed by atoms with Gasteiger partial charge >= 0.3 is 0 Å². The van der Waals surface area contributed by atoms with Crippen LogP contribution in [0.4, 0.5) is 0 Å². The first-order chi connectivity index (χ1) is 18.0. The van der Waals surface area contributed by atoms with E-state index < -0.39 is 0 Å². The molecule has 6 heteroatoms. The fourth-order valence-corrected chi connectivity index (χ4v) is 5.26. The highest BCUT2D eigenvalue weighted by Crippen LogP contribution is 2.33. The highest BCUT2D eigenvalue weighted by atomic mass is 32.1. The Morgan fingerprint density at radius 3 is 2.24 bits per heavy atom. The van der Waals surface area contributed by atoms with E-state index in [0.717, 1.165) is 39.0 Å². The third-order valence-corrected chi connectivity index (χ3v) is 7.38. The standard InChI is InChI=1S/C31H29N3O2S/c1-22-27(31(35)33(2)19-23-10-6-4-7-11-23)18-29(34(22)20-24-12-8-5-9-13-24)28-21-37-30(32-28)25-14-16-26(36-3)17-15-25/h4-18,21H,19-20H2,1-3H3. The van der Waals surface area contributed by atoms with Gasteiger partial charge in [0.05, 0.1) is 24.1 Å². The SMILES string of the molecule is COc1ccc(-c2nc(-c3cc(C(=O)N(C)Cc4ccccc4)c(C)n3Cc3ccccc3)cs2)cc1. The quantitative estimate of drug-likeness (QED) is 0.229. The molecule has 0 aliphatic heterocycles. The third-order valence-electron chi connectivity index (χ3n) is 6.49. The predicted molar refractivity (Wildman–Crippen MR) is 150 cm³/mol. The molecule has 2 heterocycles. The number of methoxy groups -OCH3 is 1. The Kier molecular flexibility index (Phi) is 7.19. The van der Waals surface area contributed by atoms with E-state index in [-0.39, 0.29) is 5.91 Å². The molecule has 0 aliphatic carbocycles. The zero-order valence-corrected chi connectivity index (χ0v) is 22.0. The van der Waals surface area contributed by atoms with Crippen LogP contribution in [0.15, 0.2) is 96.4 Å². The smallest absolute Gasteiger partial charge is 0.255 e. The predicted octanol–water partition coefficient (Wildman–Crippen LogP) is 6.92. The number of benzene rings is 3. The van der Waals surface area contributed by atoms with E-state index in [0.29, 0.717) is 18.7 Å². The van der Waals surface area contributed by atoms with Gasteiger partial charge in [-0.1, -0.05) is 60.7 Å². The summed E-state index contributed by atoms with van der Waals surface area (Å²) in [6.07, 6.45) is 0. The summed E-state index contributed by atoms with van der Waals surface area (Å²) in [6.45, 7) is 3.23. The first-order valence-electron chi connectivity index (χ1n) is 12.2. The molecule has 5 rings (SSSR count). The molecule has 0 aliphatic rings. The minimum absolute atomic E-state index is 0.0000206. The van der Waals surface area contributed by atoms with Crippen LogP contribution in [0.1, 0.15) is 27.2 Å². The van der Waals surface area contributed by atoms with Crippen molar-refractivity contribution in [1.29, 1.82) is 0 Å². The molecule has 1 amide bonds. The maximum absolute atomic E-state index is 13.6. The summed E-state index contributed by atoms with van der Waals surface area (Å²) in [4.78, 5) is 20.3. The summed E-state index contributed by atoms with van der Waals surface area (Å²) in [6, 6.07) is 30.3. The molecule has 0 saturated carbocycles. The van der Waals surface area contributed by atoms with Gasteiger partial charge in [0.15, 0.2) is 0 Å². The van der Waals surface area contributed by atoms with E-state index in [1.165, 1.54) is 5.56 Å². The molecule has 186 valence electrons. The Hall–Kier alpha value is -4.16. The first kappa shape index (κ1) is 24.5. The van der Waals surface area contributed by atoms with Crippen LogP contribution in [-0.2, 0) is 13.1 Å². The van der Waals surface area contributed by atoms with Crippen molar-refractivity contribution in [2.24, 2.45) is 0 Å². The number of hydrogen-bond donors (Lipinski definition) is 0. The number of carbonyl (C=O) groups is 1. The van der Waals surface area contributed by atoms with Crippen LogP contribution in [0, 0.1) is 6.92 Å². The summed E-state index contributed by atoms with van der Waals surface area (Å²) in [5.74, 6) is 0.815. The normalized spacial score (nSPS) is 10.9. The lowest BCUT2D eigenvalue weighted by atomic mass is 10.1. The van der Waals surface area contributed by atoms with Gasteiger partial charge in [-0.15, -0.1) is 11.3 Å². The van der Waals surface area contributed by atoms with Gasteiger partial charge in [-0.3, -0.25) is 4.79 Å². The molecular weight excluding hydrogens is 478 g/mol. The minimum atomic E-state index is 0.0000206. The van der Waals surface area contributed by atoms with Crippen LogP contribution in [0.3, 0.4) is 0 Å². The van der Waals surface area contributed by atoms with Gasteiger partial charge in [-0.25, -0.2) is 4.98 Å². The number of ether oxygens (including phenoxy) is 1. The van der Waals surface area contributed by atoms with E-state index in [4.69, 9.17) is 9.72 Å². The number of amides is 1. The van der Waals surface area contributed by atoms with Crippen molar-refractivity contribution in [3.63, 3.8) is 0 Å². The van der Waals surface area contributed by atoms with Gasteiger partial charge in [0, 0.05) is 36.8 Å². The van der Waals surface area contributed by atoms with Gasteiger partial charge in [-0.05, 0) is 48.4 Å². The van der Waals surface area contributed by atoms with E-state index >= 15 is 0 Å². The molecule has 5 aromatic rings. The molecule has 0 fully saturated rings. The Morgan fingerprint density at radius 1 is 0.946 bits per heavy atom. The lowest BCUT2D eigenvalue weighted by molar-refractivity contribution is 0.0784. The molecule has 0 bridgehead atoms. The van der Waals surface area contributed by atoms with Gasteiger partial charge in [0.25, 0.3) is 5.91 Å². The topological polar surface area (TPSA) is 47.4 Å². The second-order valence-corrected chi connectivity index (χ2v) is 9.87. The number of rotatable bonds is 8. The first-order valence-corrected chi connectivity index (χ1v) is 13.0. The maximum atomic E-state index is 13.6. The fourth-order valence-electron chi connectivity index (χ4n) is 4.44. The van der Waals surface area contributed by atoms with Crippen molar-refractivity contribution in [2.75, 3.05) is 14.2 Å². The van der Waals surface area contributed by atoms with Crippen LogP contribution in [0.25, 0.3) is 22.0 Å². The highest BCUT2D eigenvalue weighted by molar-refractivity contribution is 7.13. The zero-order chi connectivity index (χ0) is 25.8. The monoisotopic (exact) mass is 507 g/mol. The van der Waals surface area contributed by atoms with Crippen molar-refractivity contribution < 1.29 is 9.53 Å². The summed E-state index contributed by atoms with van der Waals surface area (Å²) >= 11 is 1.60. The van der Waals surface area contributed by atoms with Crippen molar-refractivity contribution in [3.8, 4) is 27.7 Å². The summed E-state index contributed by atoms with van der Waals surface area (Å²) in [7, 11) is 3.52. The molecule has 0 atom stereocenters. The van der Waals surface area contributed by atoms with Crippen LogP contribution < -0.4 is 4.74 Å². The molecule has 0 N–H and O–H groups in total. The van der Waals surface area contributed by atoms with Crippen LogP contribution in [-0.4, -0.2) is 34.5 Å². The number of aromatic nitrogens is 2. The molecule has 3 aromatic carbocycles. The van der Waals surface area contributed by atoms with E-state index in [9.17, 15) is 4.79 Å². The summed E-state index contributed by atoms with van der Waals surface area (Å²) in [5, 5.41) is 2.99. The second kappa shape index (κ2) is 10.8. The molecule has 5 nitrogen and oxygen atoms in total. The average Bonchev–Trinajstić information content (AvgIpc) is 3.55. The Bertz CT molecular complexity index is 1490. The molecule has 0 radical (unpaired) electrons. The van der Waals surface area contributed by atoms with Crippen LogP contribution in [0.5, 0.6) is 5.75 Å². The van der Waals surface area contributed by atoms with Gasteiger partial charge in [-0.2, -0.15) is 0 Å². The lowest BCUT2D eigenvalue weighted by Crippen LogP contribution is -2.26. The molecule has 0 saturated heterocycles. The van der Waals surface area contributed by atoms with Crippen LogP contribution >= 0.6 is 11.3 Å². The molecule has 2 aromatic heterocycles. The fraction of sp³-hybridized carbons (Fsp3) is 0.161. The molecular formula is C31H29N3O2S. The van der Waals surface area contributed by atoms with Gasteiger partial charge in [0.2, 0.25) is 0 Å². The lowest BCUT2D eigenvalue weighted by Gasteiger charge is -2.17. The van der Waals surface area contributed by atoms with Crippen molar-refractivity contribution in [2.45, 2.75) is 20.0 Å². The van der Waals surface area contributed by atoms with Gasteiger partial charge in [0.1, 0.15) is 10.8 Å². The maximum Gasteiger partial charge on any atom is 0.255 e. The van der Waals surface area contributed by atoms with Crippen molar-refractivity contribution in [3.05, 3.63) is 119 Å². The molecule has 37 heavy (non-hydrogen) atoms.